The standard InChI is InChI=1S/C22H21N3O4S2/c1-24(2)31(28,29)18-8-5-15(6-9-18)21(26)23-17-7-10-19-16(14-17)11-12-25(19)22(27)20-4-3-13-30-20/h3-10,13-14H,11-12H2,1-2H3,(H,23,26). The van der Waals surface area contributed by atoms with E-state index in [0.717, 1.165) is 15.6 Å². The summed E-state index contributed by atoms with van der Waals surface area (Å²) in [5.41, 5.74) is 2.83. The number of fused-ring (bicyclic) bond motifs is 1. The van der Waals surface area contributed by atoms with Gasteiger partial charge in [-0.25, -0.2) is 12.7 Å². The Balaban J connectivity index is 1.48. The number of nitrogens with zero attached hydrogens (tertiary/aromatic N) is 2. The van der Waals surface area contributed by atoms with Crippen LogP contribution in [0.4, 0.5) is 11.4 Å². The molecule has 0 fully saturated rings. The van der Waals surface area contributed by atoms with E-state index in [1.54, 1.807) is 11.0 Å². The van der Waals surface area contributed by atoms with Crippen LogP contribution in [0.3, 0.4) is 0 Å². The van der Waals surface area contributed by atoms with Gasteiger partial charge in [-0.15, -0.1) is 11.3 Å². The summed E-state index contributed by atoms with van der Waals surface area (Å²) in [6.07, 6.45) is 0.716. The van der Waals surface area contributed by atoms with Crippen LogP contribution in [0.5, 0.6) is 0 Å². The van der Waals surface area contributed by atoms with E-state index in [2.05, 4.69) is 5.32 Å². The van der Waals surface area contributed by atoms with E-state index in [1.165, 1.54) is 49.7 Å². The Bertz CT molecular complexity index is 1230. The van der Waals surface area contributed by atoms with Gasteiger partial charge in [-0.2, -0.15) is 0 Å². The van der Waals surface area contributed by atoms with Gasteiger partial charge < -0.3 is 10.2 Å². The second-order valence-corrected chi connectivity index (χ2v) is 10.4. The van der Waals surface area contributed by atoms with Crippen molar-refractivity contribution in [3.63, 3.8) is 0 Å². The van der Waals surface area contributed by atoms with Crippen LogP contribution in [0.1, 0.15) is 25.6 Å². The number of carbonyl (C=O) groups is 2. The maximum atomic E-state index is 12.7. The molecular weight excluding hydrogens is 434 g/mol. The van der Waals surface area contributed by atoms with Crippen LogP contribution >= 0.6 is 11.3 Å². The van der Waals surface area contributed by atoms with Gasteiger partial charge in [-0.05, 0) is 65.9 Å². The summed E-state index contributed by atoms with van der Waals surface area (Å²) in [4.78, 5) is 27.9. The molecular formula is C22H21N3O4S2. The minimum absolute atomic E-state index is 0.0155. The molecule has 1 aliphatic rings. The van der Waals surface area contributed by atoms with Gasteiger partial charge in [-0.3, -0.25) is 9.59 Å². The third kappa shape index (κ3) is 4.12. The molecule has 9 heteroatoms. The fourth-order valence-electron chi connectivity index (χ4n) is 3.42. The molecule has 2 heterocycles. The van der Waals surface area contributed by atoms with Crippen LogP contribution in [0.15, 0.2) is 64.9 Å². The smallest absolute Gasteiger partial charge is 0.268 e. The molecule has 160 valence electrons. The van der Waals surface area contributed by atoms with E-state index in [9.17, 15) is 18.0 Å². The molecule has 7 nitrogen and oxygen atoms in total. The highest BCUT2D eigenvalue weighted by Gasteiger charge is 2.26. The molecule has 2 aromatic carbocycles. The lowest BCUT2D eigenvalue weighted by atomic mass is 10.1. The van der Waals surface area contributed by atoms with E-state index in [1.807, 2.05) is 29.6 Å². The van der Waals surface area contributed by atoms with Crippen molar-refractivity contribution in [2.45, 2.75) is 11.3 Å². The lowest BCUT2D eigenvalue weighted by molar-refractivity contribution is 0.0991. The number of benzene rings is 2. The molecule has 0 saturated carbocycles. The van der Waals surface area contributed by atoms with Crippen LogP contribution < -0.4 is 10.2 Å². The minimum Gasteiger partial charge on any atom is -0.322 e. The minimum atomic E-state index is -3.54. The molecule has 1 aromatic heterocycles. The van der Waals surface area contributed by atoms with Crippen molar-refractivity contribution in [2.24, 2.45) is 0 Å². The van der Waals surface area contributed by atoms with Gasteiger partial charge in [0.05, 0.1) is 9.77 Å². The number of hydrogen-bond donors (Lipinski definition) is 1. The van der Waals surface area contributed by atoms with Crippen molar-refractivity contribution in [1.82, 2.24) is 4.31 Å². The molecule has 2 amide bonds. The third-order valence-electron chi connectivity index (χ3n) is 5.11. The molecule has 0 bridgehead atoms. The number of thiophene rings is 1. The van der Waals surface area contributed by atoms with E-state index >= 15 is 0 Å². The monoisotopic (exact) mass is 455 g/mol. The van der Waals surface area contributed by atoms with Gasteiger partial charge in [0.1, 0.15) is 0 Å². The van der Waals surface area contributed by atoms with Gasteiger partial charge >= 0.3 is 0 Å². The number of hydrogen-bond acceptors (Lipinski definition) is 5. The van der Waals surface area contributed by atoms with Crippen LogP contribution in [0.25, 0.3) is 0 Å². The Morgan fingerprint density at radius 3 is 2.45 bits per heavy atom. The average Bonchev–Trinajstić information content (AvgIpc) is 3.43. The van der Waals surface area contributed by atoms with E-state index in [-0.39, 0.29) is 16.7 Å². The van der Waals surface area contributed by atoms with Crippen LogP contribution in [-0.4, -0.2) is 45.2 Å². The van der Waals surface area contributed by atoms with E-state index in [4.69, 9.17) is 0 Å². The summed E-state index contributed by atoms with van der Waals surface area (Å²) < 4.78 is 25.4. The molecule has 1 aliphatic heterocycles. The Morgan fingerprint density at radius 2 is 1.81 bits per heavy atom. The quantitative estimate of drug-likeness (QED) is 0.638. The van der Waals surface area contributed by atoms with Gasteiger partial charge in [0, 0.05) is 37.6 Å². The number of anilines is 2. The zero-order chi connectivity index (χ0) is 22.2. The molecule has 4 rings (SSSR count). The van der Waals surface area contributed by atoms with Crippen LogP contribution in [0.2, 0.25) is 0 Å². The highest BCUT2D eigenvalue weighted by atomic mass is 32.2. The van der Waals surface area contributed by atoms with Crippen molar-refractivity contribution >= 4 is 44.5 Å². The molecule has 0 aliphatic carbocycles. The first kappa shape index (κ1) is 21.2. The molecule has 3 aromatic rings. The fraction of sp³-hybridized carbons (Fsp3) is 0.182. The molecule has 31 heavy (non-hydrogen) atoms. The first-order chi connectivity index (χ1) is 14.8. The van der Waals surface area contributed by atoms with Crippen LogP contribution in [0, 0.1) is 0 Å². The van der Waals surface area contributed by atoms with Gasteiger partial charge in [-0.1, -0.05) is 6.07 Å². The first-order valence-electron chi connectivity index (χ1n) is 9.59. The normalized spacial score (nSPS) is 13.3. The molecule has 0 spiro atoms. The summed E-state index contributed by atoms with van der Waals surface area (Å²) in [5.74, 6) is -0.350. The highest BCUT2D eigenvalue weighted by molar-refractivity contribution is 7.89. The second kappa shape index (κ2) is 8.26. The lowest BCUT2D eigenvalue weighted by Gasteiger charge is -2.16. The Morgan fingerprint density at radius 1 is 1.06 bits per heavy atom. The maximum absolute atomic E-state index is 12.7. The van der Waals surface area contributed by atoms with Crippen molar-refractivity contribution in [1.29, 1.82) is 0 Å². The van der Waals surface area contributed by atoms with Gasteiger partial charge in [0.15, 0.2) is 0 Å². The van der Waals surface area contributed by atoms with Crippen LogP contribution in [-0.2, 0) is 16.4 Å². The third-order valence-corrected chi connectivity index (χ3v) is 7.79. The lowest BCUT2D eigenvalue weighted by Crippen LogP contribution is -2.28. The Labute approximate surface area is 185 Å². The molecule has 0 unspecified atom stereocenters. The van der Waals surface area contributed by atoms with E-state index in [0.29, 0.717) is 29.1 Å². The van der Waals surface area contributed by atoms with Gasteiger partial charge in [0.25, 0.3) is 11.8 Å². The Kier molecular flexibility index (Phi) is 5.65. The fourth-order valence-corrected chi connectivity index (χ4v) is 4.99. The number of nitrogens with one attached hydrogen (secondary N) is 1. The Hall–Kier alpha value is -3.01. The predicted molar refractivity (Wildman–Crippen MR) is 121 cm³/mol. The summed E-state index contributed by atoms with van der Waals surface area (Å²) >= 11 is 1.42. The number of amides is 2. The zero-order valence-corrected chi connectivity index (χ0v) is 18.7. The number of carbonyl (C=O) groups excluding carboxylic acids is 2. The molecule has 0 saturated heterocycles. The predicted octanol–water partition coefficient (Wildman–Crippen LogP) is 3.45. The van der Waals surface area contributed by atoms with Gasteiger partial charge in [0.2, 0.25) is 10.0 Å². The topological polar surface area (TPSA) is 86.8 Å². The van der Waals surface area contributed by atoms with Crippen molar-refractivity contribution < 1.29 is 18.0 Å². The number of sulfonamides is 1. The maximum Gasteiger partial charge on any atom is 0.268 e. The van der Waals surface area contributed by atoms with Crippen molar-refractivity contribution in [2.75, 3.05) is 30.9 Å². The summed E-state index contributed by atoms with van der Waals surface area (Å²) in [5, 5.41) is 4.72. The second-order valence-electron chi connectivity index (χ2n) is 7.29. The molecule has 1 N–H and O–H groups in total. The SMILES string of the molecule is CN(C)S(=O)(=O)c1ccc(C(=O)Nc2ccc3c(c2)CCN3C(=O)c2cccs2)cc1. The largest absolute Gasteiger partial charge is 0.322 e. The molecule has 0 radical (unpaired) electrons. The van der Waals surface area contributed by atoms with Crippen molar-refractivity contribution in [3.8, 4) is 0 Å². The zero-order valence-electron chi connectivity index (χ0n) is 17.0. The average molecular weight is 456 g/mol. The highest BCUT2D eigenvalue weighted by Crippen LogP contribution is 2.32. The summed E-state index contributed by atoms with van der Waals surface area (Å²) in [6, 6.07) is 15.0. The van der Waals surface area contributed by atoms with Crippen molar-refractivity contribution in [3.05, 3.63) is 76.0 Å². The summed E-state index contributed by atoms with van der Waals surface area (Å²) in [7, 11) is -0.629. The summed E-state index contributed by atoms with van der Waals surface area (Å²) in [6.45, 7) is 0.602. The first-order valence-corrected chi connectivity index (χ1v) is 11.9. The number of rotatable bonds is 5. The van der Waals surface area contributed by atoms with E-state index < -0.39 is 10.0 Å². The molecule has 0 atom stereocenters.